The summed E-state index contributed by atoms with van der Waals surface area (Å²) in [6.45, 7) is 9.20. The van der Waals surface area contributed by atoms with Gasteiger partial charge in [-0.15, -0.1) is 0 Å². The summed E-state index contributed by atoms with van der Waals surface area (Å²) in [4.78, 5) is 49.5. The number of nitrogens with zero attached hydrogens (tertiary/aromatic N) is 3. The molecule has 1 heterocycles. The number of carbonyl (C=O) groups is 4. The van der Waals surface area contributed by atoms with E-state index in [1.54, 1.807) is 18.2 Å². The SMILES string of the molecule is CC(=O)OC[C@H]1O[C@@H](Oc2ccc(CCC(=O)CCCOCCOCCOCCN=[N+]=[N-])cc2OC=O)[C@H](C)[C@@H](C)[C@H]1OC(C)=O. The van der Waals surface area contributed by atoms with Crippen LogP contribution in [0.5, 0.6) is 11.5 Å². The first-order valence-electron chi connectivity index (χ1n) is 15.3. The maximum Gasteiger partial charge on any atom is 0.303 e. The van der Waals surface area contributed by atoms with Gasteiger partial charge in [0.05, 0.1) is 33.0 Å². The average molecular weight is 652 g/mol. The minimum atomic E-state index is -0.826. The number of azide groups is 1. The summed E-state index contributed by atoms with van der Waals surface area (Å²) in [5.41, 5.74) is 8.95. The van der Waals surface area contributed by atoms with Crippen LogP contribution in [0.1, 0.15) is 52.5 Å². The van der Waals surface area contributed by atoms with Crippen molar-refractivity contribution in [2.75, 3.05) is 52.8 Å². The van der Waals surface area contributed by atoms with Crippen molar-refractivity contribution in [2.24, 2.45) is 17.0 Å². The first-order valence-corrected chi connectivity index (χ1v) is 15.3. The van der Waals surface area contributed by atoms with E-state index in [0.717, 1.165) is 5.56 Å². The highest BCUT2D eigenvalue weighted by Gasteiger charge is 2.45. The molecule has 15 heteroatoms. The molecule has 5 atom stereocenters. The summed E-state index contributed by atoms with van der Waals surface area (Å²) < 4.78 is 44.1. The lowest BCUT2D eigenvalue weighted by molar-refractivity contribution is -0.248. The molecule has 1 aliphatic heterocycles. The van der Waals surface area contributed by atoms with Gasteiger partial charge in [-0.3, -0.25) is 19.2 Å². The highest BCUT2D eigenvalue weighted by Crippen LogP contribution is 2.37. The van der Waals surface area contributed by atoms with Crippen LogP contribution < -0.4 is 9.47 Å². The molecule has 0 aromatic heterocycles. The van der Waals surface area contributed by atoms with Gasteiger partial charge in [0.25, 0.3) is 6.47 Å². The molecule has 2 rings (SSSR count). The van der Waals surface area contributed by atoms with E-state index in [4.69, 9.17) is 43.4 Å². The van der Waals surface area contributed by atoms with Gasteiger partial charge in [0.1, 0.15) is 24.6 Å². The van der Waals surface area contributed by atoms with Gasteiger partial charge < -0.3 is 37.9 Å². The van der Waals surface area contributed by atoms with Gasteiger partial charge in [-0.2, -0.15) is 0 Å². The minimum Gasteiger partial charge on any atom is -0.463 e. The first kappa shape index (κ1) is 38.4. The summed E-state index contributed by atoms with van der Waals surface area (Å²) in [5.74, 6) is -0.951. The lowest BCUT2D eigenvalue weighted by Crippen LogP contribution is -2.54. The summed E-state index contributed by atoms with van der Waals surface area (Å²) >= 11 is 0. The standard InChI is InChI=1S/C31H45N3O12/c1-21-22(2)31(46-29(19-42-23(3)36)30(21)44-24(4)37)45-27-10-8-25(18-28(27)43-20-35)7-9-26(38)6-5-12-39-14-16-41-17-15-40-13-11-33-34-32/h8,10,18,20-22,29-31H,5-7,9,11-17,19H2,1-4H3/t21-,22-,29-,30-,31-/m1/s1. The molecule has 46 heavy (non-hydrogen) atoms. The minimum absolute atomic E-state index is 0.0792. The molecule has 0 radical (unpaired) electrons. The van der Waals surface area contributed by atoms with Crippen molar-refractivity contribution in [1.29, 1.82) is 0 Å². The molecule has 0 bridgehead atoms. The van der Waals surface area contributed by atoms with Gasteiger partial charge in [0.2, 0.25) is 6.29 Å². The van der Waals surface area contributed by atoms with E-state index in [9.17, 15) is 19.2 Å². The van der Waals surface area contributed by atoms with Gasteiger partial charge in [-0.25, -0.2) is 0 Å². The Labute approximate surface area is 268 Å². The van der Waals surface area contributed by atoms with Crippen LogP contribution in [-0.4, -0.2) is 95.5 Å². The second-order valence-electron chi connectivity index (χ2n) is 10.7. The molecule has 1 aromatic carbocycles. The Balaban J connectivity index is 1.80. The number of hydrogen-bond donors (Lipinski definition) is 0. The quantitative estimate of drug-likeness (QED) is 0.0417. The number of carbonyl (C=O) groups excluding carboxylic acids is 4. The van der Waals surface area contributed by atoms with Crippen LogP contribution in [-0.2, 0) is 54.0 Å². The van der Waals surface area contributed by atoms with Gasteiger partial charge >= 0.3 is 11.9 Å². The normalized spacial score (nSPS) is 20.7. The molecule has 1 aliphatic rings. The molecule has 15 nitrogen and oxygen atoms in total. The van der Waals surface area contributed by atoms with E-state index in [2.05, 4.69) is 10.0 Å². The fourth-order valence-corrected chi connectivity index (χ4v) is 4.65. The van der Waals surface area contributed by atoms with Crippen LogP contribution in [0.4, 0.5) is 0 Å². The van der Waals surface area contributed by atoms with Crippen LogP contribution >= 0.6 is 0 Å². The van der Waals surface area contributed by atoms with Gasteiger partial charge in [0, 0.05) is 56.6 Å². The van der Waals surface area contributed by atoms with E-state index in [1.807, 2.05) is 13.8 Å². The van der Waals surface area contributed by atoms with Crippen LogP contribution in [0.2, 0.25) is 0 Å². The number of benzene rings is 1. The van der Waals surface area contributed by atoms with Crippen LogP contribution in [0.15, 0.2) is 23.3 Å². The second-order valence-corrected chi connectivity index (χ2v) is 10.7. The molecule has 0 unspecified atom stereocenters. The molecule has 0 spiro atoms. The topological polar surface area (TPSA) is 191 Å². The molecule has 0 N–H and O–H groups in total. The van der Waals surface area contributed by atoms with E-state index >= 15 is 0 Å². The molecule has 0 saturated carbocycles. The zero-order valence-electron chi connectivity index (χ0n) is 26.9. The number of ether oxygens (including phenoxy) is 8. The number of Topliss-reactive ketones (excluding diaryl/α,β-unsaturated/α-hetero) is 1. The Kier molecular flexibility index (Phi) is 18.3. The third-order valence-electron chi connectivity index (χ3n) is 7.21. The van der Waals surface area contributed by atoms with Crippen LogP contribution in [0.25, 0.3) is 10.4 Å². The predicted octanol–water partition coefficient (Wildman–Crippen LogP) is 3.73. The Morgan fingerprint density at radius 3 is 2.28 bits per heavy atom. The molecule has 1 aromatic rings. The highest BCUT2D eigenvalue weighted by molar-refractivity contribution is 5.78. The lowest BCUT2D eigenvalue weighted by atomic mass is 9.84. The molecule has 256 valence electrons. The van der Waals surface area contributed by atoms with E-state index < -0.39 is 30.4 Å². The second kappa shape index (κ2) is 21.9. The maximum atomic E-state index is 12.4. The van der Waals surface area contributed by atoms with Crippen molar-refractivity contribution < 1.29 is 57.1 Å². The Morgan fingerprint density at radius 1 is 0.935 bits per heavy atom. The van der Waals surface area contributed by atoms with Gasteiger partial charge in [-0.1, -0.05) is 25.0 Å². The van der Waals surface area contributed by atoms with Crippen molar-refractivity contribution in [3.63, 3.8) is 0 Å². The van der Waals surface area contributed by atoms with Crippen molar-refractivity contribution in [3.8, 4) is 11.5 Å². The summed E-state index contributed by atoms with van der Waals surface area (Å²) in [6, 6.07) is 5.06. The molecular formula is C31H45N3O12. The molecule has 0 aliphatic carbocycles. The van der Waals surface area contributed by atoms with E-state index in [0.29, 0.717) is 71.8 Å². The number of hydrogen-bond acceptors (Lipinski definition) is 13. The first-order chi connectivity index (χ1) is 22.2. The predicted molar refractivity (Wildman–Crippen MR) is 162 cm³/mol. The summed E-state index contributed by atoms with van der Waals surface area (Å²) in [6.07, 6.45) is -0.546. The molecule has 1 fully saturated rings. The Morgan fingerprint density at radius 2 is 1.63 bits per heavy atom. The van der Waals surface area contributed by atoms with Crippen LogP contribution in [0.3, 0.4) is 0 Å². The zero-order valence-corrected chi connectivity index (χ0v) is 26.9. The zero-order chi connectivity index (χ0) is 33.7. The molecule has 0 amide bonds. The van der Waals surface area contributed by atoms with Gasteiger partial charge in [0.15, 0.2) is 11.5 Å². The Bertz CT molecular complexity index is 1160. The third-order valence-corrected chi connectivity index (χ3v) is 7.21. The Hall–Kier alpha value is -3.75. The van der Waals surface area contributed by atoms with Crippen LogP contribution in [0, 0.1) is 11.8 Å². The molecular weight excluding hydrogens is 606 g/mol. The van der Waals surface area contributed by atoms with Crippen molar-refractivity contribution >= 4 is 24.2 Å². The fourth-order valence-electron chi connectivity index (χ4n) is 4.65. The van der Waals surface area contributed by atoms with Gasteiger partial charge in [-0.05, 0) is 36.1 Å². The van der Waals surface area contributed by atoms with E-state index in [-0.39, 0.29) is 42.3 Å². The third kappa shape index (κ3) is 14.6. The largest absolute Gasteiger partial charge is 0.463 e. The number of esters is 2. The molecule has 1 saturated heterocycles. The number of rotatable bonds is 23. The smallest absolute Gasteiger partial charge is 0.303 e. The monoisotopic (exact) mass is 651 g/mol. The summed E-state index contributed by atoms with van der Waals surface area (Å²) in [7, 11) is 0. The van der Waals surface area contributed by atoms with Crippen molar-refractivity contribution in [1.82, 2.24) is 0 Å². The highest BCUT2D eigenvalue weighted by atomic mass is 16.7. The fraction of sp³-hybridized carbons (Fsp3) is 0.677. The van der Waals surface area contributed by atoms with E-state index in [1.165, 1.54) is 13.8 Å². The lowest BCUT2D eigenvalue weighted by Gasteiger charge is -2.43. The van der Waals surface area contributed by atoms with Crippen molar-refractivity contribution in [2.45, 2.75) is 71.9 Å². The number of aryl methyl sites for hydroxylation is 1. The summed E-state index contributed by atoms with van der Waals surface area (Å²) in [5, 5.41) is 3.37. The number of ketones is 1. The maximum absolute atomic E-state index is 12.4. The average Bonchev–Trinajstić information content (AvgIpc) is 3.02. The van der Waals surface area contributed by atoms with Crippen molar-refractivity contribution in [3.05, 3.63) is 34.2 Å².